The number of halogens is 1. The first kappa shape index (κ1) is 33.3. The third kappa shape index (κ3) is 6.99. The number of benzene rings is 4. The van der Waals surface area contributed by atoms with E-state index in [2.05, 4.69) is 10.4 Å². The van der Waals surface area contributed by atoms with E-state index in [0.717, 1.165) is 15.8 Å². The quantitative estimate of drug-likeness (QED) is 0.0971. The highest BCUT2D eigenvalue weighted by atomic mass is 19.1. The van der Waals surface area contributed by atoms with Crippen LogP contribution in [0, 0.1) is 22.9 Å². The SMILES string of the molecule is COc1cc(C)c(-c2nc3ccccc3c(=O)n2N=Cc2cc(OC)c(OCC(=O)Nc3ccc(F)cc3)c([N+](=O)[O-])c2)cc1C(C)C. The minimum Gasteiger partial charge on any atom is -0.496 e. The van der Waals surface area contributed by atoms with Gasteiger partial charge in [0.05, 0.1) is 36.3 Å². The van der Waals surface area contributed by atoms with Gasteiger partial charge in [-0.05, 0) is 78.6 Å². The molecule has 4 aromatic carbocycles. The summed E-state index contributed by atoms with van der Waals surface area (Å²) in [5.41, 5.74) is 2.44. The van der Waals surface area contributed by atoms with E-state index in [4.69, 9.17) is 19.2 Å². The maximum absolute atomic E-state index is 13.8. The van der Waals surface area contributed by atoms with Crippen molar-refractivity contribution < 1.29 is 28.3 Å². The highest BCUT2D eigenvalue weighted by molar-refractivity contribution is 5.92. The van der Waals surface area contributed by atoms with Crippen molar-refractivity contribution in [1.82, 2.24) is 9.66 Å². The number of hydrogen-bond donors (Lipinski definition) is 1. The van der Waals surface area contributed by atoms with Crippen LogP contribution in [0.5, 0.6) is 17.2 Å². The average molecular weight is 654 g/mol. The van der Waals surface area contributed by atoms with Gasteiger partial charge in [-0.15, -0.1) is 0 Å². The molecule has 1 aromatic heterocycles. The van der Waals surface area contributed by atoms with Gasteiger partial charge in [-0.25, -0.2) is 9.37 Å². The fraction of sp³-hybridized carbons (Fsp3) is 0.200. The molecule has 1 amide bonds. The average Bonchev–Trinajstić information content (AvgIpc) is 3.07. The predicted molar refractivity (Wildman–Crippen MR) is 180 cm³/mol. The summed E-state index contributed by atoms with van der Waals surface area (Å²) in [6.07, 6.45) is 1.28. The number of ether oxygens (including phenoxy) is 3. The van der Waals surface area contributed by atoms with Gasteiger partial charge in [-0.3, -0.25) is 19.7 Å². The fourth-order valence-corrected chi connectivity index (χ4v) is 5.08. The molecule has 1 N–H and O–H groups in total. The van der Waals surface area contributed by atoms with E-state index in [9.17, 15) is 24.1 Å². The molecule has 0 saturated carbocycles. The third-order valence-electron chi connectivity index (χ3n) is 7.47. The molecule has 0 bridgehead atoms. The molecule has 0 atom stereocenters. The van der Waals surface area contributed by atoms with Gasteiger partial charge in [0.1, 0.15) is 11.6 Å². The molecule has 0 aliphatic carbocycles. The molecule has 12 nitrogen and oxygen atoms in total. The number of rotatable bonds is 11. The van der Waals surface area contributed by atoms with E-state index < -0.39 is 34.5 Å². The van der Waals surface area contributed by atoms with Gasteiger partial charge in [-0.1, -0.05) is 26.0 Å². The molecule has 0 spiro atoms. The van der Waals surface area contributed by atoms with Crippen molar-refractivity contribution in [3.05, 3.63) is 116 Å². The molecular formula is C35H32FN5O7. The second-order valence-corrected chi connectivity index (χ2v) is 11.1. The van der Waals surface area contributed by atoms with Crippen LogP contribution >= 0.6 is 0 Å². The summed E-state index contributed by atoms with van der Waals surface area (Å²) in [6, 6.07) is 18.4. The Morgan fingerprint density at radius 2 is 1.77 bits per heavy atom. The minimum atomic E-state index is -0.684. The Hall–Kier alpha value is -6.11. The molecular weight excluding hydrogens is 621 g/mol. The smallest absolute Gasteiger partial charge is 0.315 e. The number of nitro benzene ring substituents is 1. The molecule has 0 aliphatic rings. The molecule has 5 rings (SSSR count). The zero-order valence-electron chi connectivity index (χ0n) is 26.8. The first-order valence-corrected chi connectivity index (χ1v) is 14.8. The van der Waals surface area contributed by atoms with E-state index >= 15 is 0 Å². The number of aromatic nitrogens is 2. The summed E-state index contributed by atoms with van der Waals surface area (Å²) in [4.78, 5) is 42.5. The second-order valence-electron chi connectivity index (χ2n) is 11.1. The van der Waals surface area contributed by atoms with Crippen LogP contribution in [-0.2, 0) is 4.79 Å². The van der Waals surface area contributed by atoms with Crippen LogP contribution in [-0.4, -0.2) is 47.5 Å². The van der Waals surface area contributed by atoms with Crippen molar-refractivity contribution in [2.75, 3.05) is 26.1 Å². The number of anilines is 1. The number of amides is 1. The lowest BCUT2D eigenvalue weighted by molar-refractivity contribution is -0.385. The summed E-state index contributed by atoms with van der Waals surface area (Å²) < 4.78 is 30.9. The lowest BCUT2D eigenvalue weighted by Crippen LogP contribution is -2.21. The van der Waals surface area contributed by atoms with Crippen molar-refractivity contribution >= 4 is 34.4 Å². The van der Waals surface area contributed by atoms with Crippen molar-refractivity contribution in [3.8, 4) is 28.6 Å². The molecule has 0 aliphatic heterocycles. The third-order valence-corrected chi connectivity index (χ3v) is 7.47. The minimum absolute atomic E-state index is 0.0444. The highest BCUT2D eigenvalue weighted by Gasteiger charge is 2.24. The Labute approximate surface area is 274 Å². The van der Waals surface area contributed by atoms with E-state index in [-0.39, 0.29) is 28.8 Å². The number of aryl methyl sites for hydroxylation is 1. The zero-order chi connectivity index (χ0) is 34.5. The summed E-state index contributed by atoms with van der Waals surface area (Å²) in [7, 11) is 2.89. The van der Waals surface area contributed by atoms with Crippen LogP contribution in [0.25, 0.3) is 22.3 Å². The lowest BCUT2D eigenvalue weighted by Gasteiger charge is -2.17. The number of hydrogen-bond acceptors (Lipinski definition) is 9. The van der Waals surface area contributed by atoms with Crippen molar-refractivity contribution in [2.45, 2.75) is 26.7 Å². The standard InChI is InChI=1S/C35H32FN5O7/c1-20(2)26-17-27(21(3)14-30(26)46-4)34-39-28-9-7-6-8-25(28)35(43)40(34)37-18-22-15-29(41(44)45)33(31(16-22)47-5)48-19-32(42)38-24-12-10-23(36)11-13-24/h6-18,20H,19H2,1-5H3,(H,38,42). The molecule has 13 heteroatoms. The molecule has 246 valence electrons. The highest BCUT2D eigenvalue weighted by Crippen LogP contribution is 2.38. The molecule has 5 aromatic rings. The molecule has 0 unspecified atom stereocenters. The number of carbonyl (C=O) groups is 1. The topological polar surface area (TPSA) is 147 Å². The monoisotopic (exact) mass is 653 g/mol. The van der Waals surface area contributed by atoms with Crippen molar-refractivity contribution in [3.63, 3.8) is 0 Å². The Balaban J connectivity index is 1.55. The van der Waals surface area contributed by atoms with Gasteiger partial charge in [0.25, 0.3) is 11.5 Å². The first-order valence-electron chi connectivity index (χ1n) is 14.8. The molecule has 1 heterocycles. The van der Waals surface area contributed by atoms with Crippen LogP contribution in [0.4, 0.5) is 15.8 Å². The normalized spacial score (nSPS) is 11.2. The van der Waals surface area contributed by atoms with Crippen molar-refractivity contribution in [1.29, 1.82) is 0 Å². The Morgan fingerprint density at radius 1 is 1.06 bits per heavy atom. The van der Waals surface area contributed by atoms with Gasteiger partial charge >= 0.3 is 5.69 Å². The maximum atomic E-state index is 13.8. The summed E-state index contributed by atoms with van der Waals surface area (Å²) in [5.74, 6) is -0.349. The van der Waals surface area contributed by atoms with E-state index in [1.807, 2.05) is 32.9 Å². The van der Waals surface area contributed by atoms with Crippen LogP contribution < -0.4 is 25.1 Å². The molecule has 0 saturated heterocycles. The molecule has 0 radical (unpaired) electrons. The van der Waals surface area contributed by atoms with E-state index in [1.165, 1.54) is 49.7 Å². The van der Waals surface area contributed by atoms with E-state index in [1.54, 1.807) is 31.4 Å². The molecule has 0 fully saturated rings. The number of methoxy groups -OCH3 is 2. The number of nitrogens with one attached hydrogen (secondary N) is 1. The lowest BCUT2D eigenvalue weighted by atomic mass is 9.96. The van der Waals surface area contributed by atoms with Crippen LogP contribution in [0.3, 0.4) is 0 Å². The van der Waals surface area contributed by atoms with Gasteiger partial charge in [0, 0.05) is 22.9 Å². The number of fused-ring (bicyclic) bond motifs is 1. The first-order chi connectivity index (χ1) is 23.0. The molecule has 48 heavy (non-hydrogen) atoms. The Morgan fingerprint density at radius 3 is 2.44 bits per heavy atom. The number of para-hydroxylation sites is 1. The summed E-state index contributed by atoms with van der Waals surface area (Å²) >= 11 is 0. The van der Waals surface area contributed by atoms with Gasteiger partial charge < -0.3 is 19.5 Å². The van der Waals surface area contributed by atoms with Crippen LogP contribution in [0.15, 0.2) is 82.7 Å². The van der Waals surface area contributed by atoms with E-state index in [0.29, 0.717) is 27.9 Å². The summed E-state index contributed by atoms with van der Waals surface area (Å²) in [5, 5.41) is 19.4. The summed E-state index contributed by atoms with van der Waals surface area (Å²) in [6.45, 7) is 5.34. The second kappa shape index (κ2) is 14.1. The predicted octanol–water partition coefficient (Wildman–Crippen LogP) is 6.46. The van der Waals surface area contributed by atoms with Gasteiger partial charge in [-0.2, -0.15) is 9.78 Å². The van der Waals surface area contributed by atoms with Crippen molar-refractivity contribution in [2.24, 2.45) is 5.10 Å². The zero-order valence-corrected chi connectivity index (χ0v) is 26.8. The fourth-order valence-electron chi connectivity index (χ4n) is 5.08. The largest absolute Gasteiger partial charge is 0.496 e. The maximum Gasteiger partial charge on any atom is 0.315 e. The Kier molecular flexibility index (Phi) is 9.78. The van der Waals surface area contributed by atoms with Crippen LogP contribution in [0.1, 0.15) is 36.5 Å². The van der Waals surface area contributed by atoms with Gasteiger partial charge in [0.2, 0.25) is 5.75 Å². The number of carbonyl (C=O) groups excluding carboxylic acids is 1. The van der Waals surface area contributed by atoms with Crippen LogP contribution in [0.2, 0.25) is 0 Å². The Bertz CT molecular complexity index is 2110. The number of nitrogens with zero attached hydrogens (tertiary/aromatic N) is 4. The number of nitro groups is 1. The van der Waals surface area contributed by atoms with Gasteiger partial charge in [0.15, 0.2) is 18.2 Å².